The Bertz CT molecular complexity index is 1110. The summed E-state index contributed by atoms with van der Waals surface area (Å²) in [6.07, 6.45) is 1.55. The molecule has 1 saturated heterocycles. The van der Waals surface area contributed by atoms with Crippen LogP contribution in [0.15, 0.2) is 78.5 Å². The van der Waals surface area contributed by atoms with E-state index in [1.807, 2.05) is 6.92 Å². The summed E-state index contributed by atoms with van der Waals surface area (Å²) in [5.74, 6) is -2.35. The van der Waals surface area contributed by atoms with Crippen molar-refractivity contribution >= 4 is 23.1 Å². The molecule has 3 aromatic rings. The first-order chi connectivity index (χ1) is 14.0. The van der Waals surface area contributed by atoms with E-state index in [9.17, 15) is 19.1 Å². The number of Topliss-reactive ketones (excluding diaryl/α,β-unsaturated/α-hetero) is 1. The van der Waals surface area contributed by atoms with Gasteiger partial charge in [-0.2, -0.15) is 0 Å². The van der Waals surface area contributed by atoms with Gasteiger partial charge >= 0.3 is 0 Å². The third kappa shape index (κ3) is 3.29. The summed E-state index contributed by atoms with van der Waals surface area (Å²) in [4.78, 5) is 31.3. The number of rotatable bonds is 3. The summed E-state index contributed by atoms with van der Waals surface area (Å²) in [6.45, 7) is 1.91. The number of amides is 1. The number of nitrogens with zero attached hydrogens (tertiary/aromatic N) is 2. The summed E-state index contributed by atoms with van der Waals surface area (Å²) in [6, 6.07) is 16.4. The van der Waals surface area contributed by atoms with E-state index in [1.54, 1.807) is 48.7 Å². The fourth-order valence-electron chi connectivity index (χ4n) is 3.38. The first-order valence-corrected chi connectivity index (χ1v) is 9.02. The maximum atomic E-state index is 13.4. The molecule has 1 atom stereocenters. The van der Waals surface area contributed by atoms with Crippen LogP contribution in [0.1, 0.15) is 22.9 Å². The molecular formula is C23H17FN2O3. The highest BCUT2D eigenvalue weighted by molar-refractivity contribution is 6.51. The molecule has 1 amide bonds. The van der Waals surface area contributed by atoms with E-state index in [4.69, 9.17) is 0 Å². The van der Waals surface area contributed by atoms with Crippen molar-refractivity contribution < 1.29 is 19.1 Å². The lowest BCUT2D eigenvalue weighted by Crippen LogP contribution is -2.29. The van der Waals surface area contributed by atoms with Gasteiger partial charge in [0.1, 0.15) is 17.6 Å². The van der Waals surface area contributed by atoms with Gasteiger partial charge in [-0.25, -0.2) is 4.39 Å². The van der Waals surface area contributed by atoms with Crippen molar-refractivity contribution in [2.75, 3.05) is 4.90 Å². The van der Waals surface area contributed by atoms with Gasteiger partial charge in [-0.3, -0.25) is 19.5 Å². The van der Waals surface area contributed by atoms with Gasteiger partial charge in [-0.15, -0.1) is 0 Å². The molecule has 0 aliphatic carbocycles. The number of anilines is 1. The van der Waals surface area contributed by atoms with Gasteiger partial charge in [0, 0.05) is 17.4 Å². The number of ketones is 1. The van der Waals surface area contributed by atoms with Crippen LogP contribution in [-0.4, -0.2) is 21.8 Å². The Morgan fingerprint density at radius 2 is 1.69 bits per heavy atom. The van der Waals surface area contributed by atoms with E-state index in [1.165, 1.54) is 29.2 Å². The smallest absolute Gasteiger partial charge is 0.300 e. The zero-order valence-corrected chi connectivity index (χ0v) is 15.5. The zero-order valence-electron chi connectivity index (χ0n) is 15.5. The molecule has 2 heterocycles. The summed E-state index contributed by atoms with van der Waals surface area (Å²) in [7, 11) is 0. The van der Waals surface area contributed by atoms with Crippen LogP contribution in [0.5, 0.6) is 0 Å². The summed E-state index contributed by atoms with van der Waals surface area (Å²) in [5, 5.41) is 10.9. The summed E-state index contributed by atoms with van der Waals surface area (Å²) < 4.78 is 13.4. The Morgan fingerprint density at radius 1 is 1.00 bits per heavy atom. The van der Waals surface area contributed by atoms with E-state index < -0.39 is 23.5 Å². The van der Waals surface area contributed by atoms with Gasteiger partial charge in [0.25, 0.3) is 11.7 Å². The third-order valence-corrected chi connectivity index (χ3v) is 4.84. The number of halogens is 1. The highest BCUT2D eigenvalue weighted by Gasteiger charge is 2.47. The quantitative estimate of drug-likeness (QED) is 0.416. The average Bonchev–Trinajstić information content (AvgIpc) is 3.00. The number of aromatic nitrogens is 1. The fraction of sp³-hybridized carbons (Fsp3) is 0.0870. The number of hydrogen-bond acceptors (Lipinski definition) is 4. The van der Waals surface area contributed by atoms with E-state index in [0.29, 0.717) is 16.9 Å². The lowest BCUT2D eigenvalue weighted by atomic mass is 9.98. The number of aliphatic hydroxyl groups is 1. The Balaban J connectivity index is 1.93. The van der Waals surface area contributed by atoms with E-state index in [-0.39, 0.29) is 11.3 Å². The highest BCUT2D eigenvalue weighted by atomic mass is 19.1. The first kappa shape index (κ1) is 18.6. The van der Waals surface area contributed by atoms with Crippen molar-refractivity contribution in [3.05, 3.63) is 101 Å². The van der Waals surface area contributed by atoms with Crippen molar-refractivity contribution in [1.82, 2.24) is 4.98 Å². The summed E-state index contributed by atoms with van der Waals surface area (Å²) in [5.41, 5.74) is 2.13. The SMILES string of the molecule is Cc1ccc(/C(O)=C2/C(=O)C(=O)N(c3ccc(F)cc3)C2c2ccccn2)cc1. The summed E-state index contributed by atoms with van der Waals surface area (Å²) >= 11 is 0. The van der Waals surface area contributed by atoms with Crippen LogP contribution in [0.25, 0.3) is 5.76 Å². The molecule has 1 aliphatic rings. The van der Waals surface area contributed by atoms with E-state index >= 15 is 0 Å². The Hall–Kier alpha value is -3.80. The normalized spacial score (nSPS) is 18.3. The van der Waals surface area contributed by atoms with Gasteiger partial charge in [0.2, 0.25) is 0 Å². The van der Waals surface area contributed by atoms with Crippen molar-refractivity contribution in [3.8, 4) is 0 Å². The number of benzene rings is 2. The lowest BCUT2D eigenvalue weighted by molar-refractivity contribution is -0.132. The Labute approximate surface area is 166 Å². The van der Waals surface area contributed by atoms with E-state index in [0.717, 1.165) is 5.56 Å². The molecule has 1 fully saturated rings. The number of aryl methyl sites for hydroxylation is 1. The second-order valence-electron chi connectivity index (χ2n) is 6.77. The molecule has 1 aromatic heterocycles. The second-order valence-corrected chi connectivity index (χ2v) is 6.77. The molecule has 0 saturated carbocycles. The maximum absolute atomic E-state index is 13.4. The van der Waals surface area contributed by atoms with Gasteiger partial charge in [-0.1, -0.05) is 35.9 Å². The molecule has 1 N–H and O–H groups in total. The van der Waals surface area contributed by atoms with Crippen LogP contribution in [-0.2, 0) is 9.59 Å². The lowest BCUT2D eigenvalue weighted by Gasteiger charge is -2.24. The molecule has 0 radical (unpaired) electrons. The van der Waals surface area contributed by atoms with Gasteiger partial charge in [0.15, 0.2) is 0 Å². The second kappa shape index (κ2) is 7.31. The van der Waals surface area contributed by atoms with Crippen molar-refractivity contribution in [2.45, 2.75) is 13.0 Å². The van der Waals surface area contributed by atoms with Gasteiger partial charge < -0.3 is 5.11 Å². The largest absolute Gasteiger partial charge is 0.507 e. The molecule has 1 unspecified atom stereocenters. The van der Waals surface area contributed by atoms with Crippen LogP contribution < -0.4 is 4.90 Å². The molecular weight excluding hydrogens is 371 g/mol. The molecule has 2 aromatic carbocycles. The van der Waals surface area contributed by atoms with Crippen molar-refractivity contribution in [1.29, 1.82) is 0 Å². The van der Waals surface area contributed by atoms with Crippen molar-refractivity contribution in [2.24, 2.45) is 0 Å². The minimum atomic E-state index is -0.928. The van der Waals surface area contributed by atoms with Crippen LogP contribution in [0.4, 0.5) is 10.1 Å². The molecule has 0 spiro atoms. The van der Waals surface area contributed by atoms with Crippen molar-refractivity contribution in [3.63, 3.8) is 0 Å². The highest BCUT2D eigenvalue weighted by Crippen LogP contribution is 2.41. The first-order valence-electron chi connectivity index (χ1n) is 9.02. The fourth-order valence-corrected chi connectivity index (χ4v) is 3.38. The molecule has 5 nitrogen and oxygen atoms in total. The van der Waals surface area contributed by atoms with Crippen LogP contribution in [0, 0.1) is 12.7 Å². The molecule has 4 rings (SSSR count). The monoisotopic (exact) mass is 388 g/mol. The topological polar surface area (TPSA) is 70.5 Å². The predicted octanol–water partition coefficient (Wildman–Crippen LogP) is 4.16. The molecule has 1 aliphatic heterocycles. The predicted molar refractivity (Wildman–Crippen MR) is 107 cm³/mol. The van der Waals surface area contributed by atoms with Crippen LogP contribution >= 0.6 is 0 Å². The van der Waals surface area contributed by atoms with Gasteiger partial charge in [-0.05, 0) is 43.3 Å². The number of aliphatic hydroxyl groups excluding tert-OH is 1. The number of carbonyl (C=O) groups is 2. The Morgan fingerprint density at radius 3 is 2.31 bits per heavy atom. The van der Waals surface area contributed by atoms with Gasteiger partial charge in [0.05, 0.1) is 11.3 Å². The standard InChI is InChI=1S/C23H17FN2O3/c1-14-5-7-15(8-6-14)21(27)19-20(18-4-2-3-13-25-18)26(23(29)22(19)28)17-11-9-16(24)10-12-17/h2-13,20,27H,1H3/b21-19-. The number of carbonyl (C=O) groups excluding carboxylic acids is 2. The molecule has 6 heteroatoms. The van der Waals surface area contributed by atoms with Crippen LogP contribution in [0.2, 0.25) is 0 Å². The molecule has 144 valence electrons. The van der Waals surface area contributed by atoms with Crippen LogP contribution in [0.3, 0.4) is 0 Å². The third-order valence-electron chi connectivity index (χ3n) is 4.84. The minimum absolute atomic E-state index is 0.0538. The number of hydrogen-bond donors (Lipinski definition) is 1. The molecule has 0 bridgehead atoms. The zero-order chi connectivity index (χ0) is 20.5. The molecule has 29 heavy (non-hydrogen) atoms. The minimum Gasteiger partial charge on any atom is -0.507 e. The number of pyridine rings is 1. The Kier molecular flexibility index (Phi) is 4.68. The average molecular weight is 388 g/mol. The van der Waals surface area contributed by atoms with E-state index in [2.05, 4.69) is 4.98 Å². The maximum Gasteiger partial charge on any atom is 0.300 e.